The van der Waals surface area contributed by atoms with Gasteiger partial charge in [0.05, 0.1) is 0 Å². The van der Waals surface area contributed by atoms with E-state index in [1.807, 2.05) is 6.07 Å². The van der Waals surface area contributed by atoms with Gasteiger partial charge in [0.15, 0.2) is 0 Å². The van der Waals surface area contributed by atoms with Crippen LogP contribution < -0.4 is 0 Å². The molecule has 0 aromatic heterocycles. The number of phenolic OH excluding ortho intramolecular Hbond substituents is 1. The molecule has 2 aliphatic carbocycles. The molecule has 2 heteroatoms. The van der Waals surface area contributed by atoms with Gasteiger partial charge < -0.3 is 10.0 Å². The van der Waals surface area contributed by atoms with Crippen molar-refractivity contribution in [3.8, 4) is 5.75 Å². The molecule has 1 N–H and O–H groups in total. The quantitative estimate of drug-likeness (QED) is 0.904. The molecule has 120 valence electrons. The van der Waals surface area contributed by atoms with Crippen molar-refractivity contribution >= 4 is 0 Å². The predicted molar refractivity (Wildman–Crippen MR) is 90.3 cm³/mol. The van der Waals surface area contributed by atoms with Crippen molar-refractivity contribution in [2.75, 3.05) is 19.6 Å². The lowest BCUT2D eigenvalue weighted by Crippen LogP contribution is -2.52. The first-order valence-corrected chi connectivity index (χ1v) is 9.26. The van der Waals surface area contributed by atoms with Crippen LogP contribution in [0.1, 0.15) is 56.6 Å². The van der Waals surface area contributed by atoms with Gasteiger partial charge in [-0.1, -0.05) is 19.4 Å². The Morgan fingerprint density at radius 1 is 1.27 bits per heavy atom. The van der Waals surface area contributed by atoms with Crippen molar-refractivity contribution in [1.82, 2.24) is 4.90 Å². The van der Waals surface area contributed by atoms with Gasteiger partial charge in [-0.25, -0.2) is 0 Å². The van der Waals surface area contributed by atoms with Gasteiger partial charge in [0.2, 0.25) is 0 Å². The van der Waals surface area contributed by atoms with Crippen LogP contribution in [0, 0.1) is 11.8 Å². The van der Waals surface area contributed by atoms with E-state index in [1.54, 1.807) is 0 Å². The minimum atomic E-state index is 0.334. The first kappa shape index (κ1) is 14.6. The lowest BCUT2D eigenvalue weighted by molar-refractivity contribution is 0.0665. The third-order valence-corrected chi connectivity index (χ3v) is 6.44. The number of hydrogen-bond donors (Lipinski definition) is 1. The molecule has 0 spiro atoms. The van der Waals surface area contributed by atoms with Gasteiger partial charge in [-0.2, -0.15) is 0 Å². The van der Waals surface area contributed by atoms with Gasteiger partial charge in [-0.15, -0.1) is 0 Å². The van der Waals surface area contributed by atoms with E-state index in [-0.39, 0.29) is 0 Å². The summed E-state index contributed by atoms with van der Waals surface area (Å²) in [5.74, 6) is 2.24. The monoisotopic (exact) mass is 299 g/mol. The number of piperidine rings is 1. The van der Waals surface area contributed by atoms with Crippen LogP contribution in [0.25, 0.3) is 0 Å². The standard InChI is InChI=1S/C20H29NO/c1-2-9-20-10-11-21(13-15-3-4-15)14-17(20)7-5-16-6-8-18(22)12-19(16)20/h6,8,12,15,17,22H,2-5,7,9-11,13-14H2,1H3/t17-,20+/m0/s1. The summed E-state index contributed by atoms with van der Waals surface area (Å²) in [4.78, 5) is 2.74. The van der Waals surface area contributed by atoms with E-state index in [9.17, 15) is 5.11 Å². The highest BCUT2D eigenvalue weighted by molar-refractivity contribution is 5.43. The van der Waals surface area contributed by atoms with Crippen molar-refractivity contribution in [3.05, 3.63) is 29.3 Å². The molecule has 1 aromatic carbocycles. The molecular weight excluding hydrogens is 270 g/mol. The number of aryl methyl sites for hydroxylation is 1. The molecule has 2 atom stereocenters. The van der Waals surface area contributed by atoms with E-state index in [4.69, 9.17) is 0 Å². The van der Waals surface area contributed by atoms with Crippen LogP contribution >= 0.6 is 0 Å². The second-order valence-electron chi connectivity index (χ2n) is 7.94. The Kier molecular flexibility index (Phi) is 3.68. The number of benzene rings is 1. The van der Waals surface area contributed by atoms with Crippen molar-refractivity contribution in [2.24, 2.45) is 11.8 Å². The van der Waals surface area contributed by atoms with E-state index in [0.29, 0.717) is 11.2 Å². The van der Waals surface area contributed by atoms with Crippen molar-refractivity contribution in [3.63, 3.8) is 0 Å². The number of fused-ring (bicyclic) bond motifs is 3. The van der Waals surface area contributed by atoms with Gasteiger partial charge in [0.1, 0.15) is 5.75 Å². The summed E-state index contributed by atoms with van der Waals surface area (Å²) in [5, 5.41) is 10.0. The summed E-state index contributed by atoms with van der Waals surface area (Å²) in [6, 6.07) is 6.14. The van der Waals surface area contributed by atoms with E-state index >= 15 is 0 Å². The summed E-state index contributed by atoms with van der Waals surface area (Å²) >= 11 is 0. The Bertz CT molecular complexity index is 551. The molecule has 1 saturated carbocycles. The number of rotatable bonds is 4. The zero-order valence-electron chi connectivity index (χ0n) is 13.9. The molecule has 4 rings (SSSR count). The smallest absolute Gasteiger partial charge is 0.115 e. The van der Waals surface area contributed by atoms with Gasteiger partial charge in [0.25, 0.3) is 0 Å². The van der Waals surface area contributed by atoms with Crippen molar-refractivity contribution in [1.29, 1.82) is 0 Å². The molecule has 2 nitrogen and oxygen atoms in total. The first-order chi connectivity index (χ1) is 10.7. The van der Waals surface area contributed by atoms with Crippen LogP contribution in [-0.4, -0.2) is 29.6 Å². The van der Waals surface area contributed by atoms with E-state index in [1.165, 1.54) is 75.7 Å². The number of phenols is 1. The normalized spacial score (nSPS) is 31.6. The van der Waals surface area contributed by atoms with Gasteiger partial charge >= 0.3 is 0 Å². The fourth-order valence-corrected chi connectivity index (χ4v) is 5.18. The van der Waals surface area contributed by atoms with Crippen molar-refractivity contribution in [2.45, 2.75) is 57.3 Å². The molecule has 1 aliphatic heterocycles. The highest BCUT2D eigenvalue weighted by Gasteiger charge is 2.47. The summed E-state index contributed by atoms with van der Waals surface area (Å²) in [5.41, 5.74) is 3.32. The second kappa shape index (κ2) is 5.56. The van der Waals surface area contributed by atoms with Crippen LogP contribution in [0.4, 0.5) is 0 Å². The van der Waals surface area contributed by atoms with Gasteiger partial charge in [-0.3, -0.25) is 0 Å². The highest BCUT2D eigenvalue weighted by atomic mass is 16.3. The van der Waals surface area contributed by atoms with Crippen LogP contribution in [-0.2, 0) is 11.8 Å². The van der Waals surface area contributed by atoms with Crippen LogP contribution in [0.15, 0.2) is 18.2 Å². The number of hydrogen-bond acceptors (Lipinski definition) is 2. The Labute approximate surface area is 134 Å². The lowest BCUT2D eigenvalue weighted by Gasteiger charge is -2.52. The largest absolute Gasteiger partial charge is 0.508 e. The minimum absolute atomic E-state index is 0.334. The molecule has 3 aliphatic rings. The Morgan fingerprint density at radius 2 is 2.14 bits per heavy atom. The molecule has 1 heterocycles. The highest BCUT2D eigenvalue weighted by Crippen LogP contribution is 2.50. The van der Waals surface area contributed by atoms with Gasteiger partial charge in [-0.05, 0) is 80.2 Å². The van der Waals surface area contributed by atoms with Gasteiger partial charge in [0, 0.05) is 18.5 Å². The zero-order valence-corrected chi connectivity index (χ0v) is 13.9. The second-order valence-corrected chi connectivity index (χ2v) is 7.94. The molecule has 0 radical (unpaired) electrons. The van der Waals surface area contributed by atoms with Crippen LogP contribution in [0.5, 0.6) is 5.75 Å². The first-order valence-electron chi connectivity index (χ1n) is 9.26. The Morgan fingerprint density at radius 3 is 2.91 bits per heavy atom. The van der Waals surface area contributed by atoms with E-state index in [0.717, 1.165) is 11.8 Å². The average molecular weight is 299 g/mol. The number of likely N-dealkylation sites (tertiary alicyclic amines) is 1. The molecule has 0 unspecified atom stereocenters. The van der Waals surface area contributed by atoms with E-state index in [2.05, 4.69) is 24.0 Å². The molecule has 1 aromatic rings. The predicted octanol–water partition coefficient (Wildman–Crippen LogP) is 4.11. The summed E-state index contributed by atoms with van der Waals surface area (Å²) in [7, 11) is 0. The van der Waals surface area contributed by atoms with Crippen molar-refractivity contribution < 1.29 is 5.11 Å². The van der Waals surface area contributed by atoms with E-state index < -0.39 is 0 Å². The zero-order chi connectivity index (χ0) is 15.2. The fourth-order valence-electron chi connectivity index (χ4n) is 5.18. The lowest BCUT2D eigenvalue weighted by atomic mass is 9.58. The minimum Gasteiger partial charge on any atom is -0.508 e. The Hall–Kier alpha value is -1.02. The number of aromatic hydroxyl groups is 1. The molecular formula is C20H29NO. The topological polar surface area (TPSA) is 23.5 Å². The van der Waals surface area contributed by atoms with Crippen LogP contribution in [0.2, 0.25) is 0 Å². The maximum Gasteiger partial charge on any atom is 0.115 e. The average Bonchev–Trinajstić information content (AvgIpc) is 3.32. The Balaban J connectivity index is 1.64. The maximum atomic E-state index is 10.0. The third kappa shape index (κ3) is 2.46. The molecule has 0 bridgehead atoms. The number of nitrogens with zero attached hydrogens (tertiary/aromatic N) is 1. The fraction of sp³-hybridized carbons (Fsp3) is 0.700. The molecule has 0 amide bonds. The van der Waals surface area contributed by atoms with Crippen LogP contribution in [0.3, 0.4) is 0 Å². The molecule has 1 saturated heterocycles. The summed E-state index contributed by atoms with van der Waals surface area (Å²) in [6.45, 7) is 6.19. The molecule has 2 fully saturated rings. The maximum absolute atomic E-state index is 10.0. The molecule has 22 heavy (non-hydrogen) atoms. The third-order valence-electron chi connectivity index (χ3n) is 6.44. The SMILES string of the molecule is CCC[C@@]12CCN(CC3CC3)C[C@@H]1CCc1ccc(O)cc12. The summed E-state index contributed by atoms with van der Waals surface area (Å²) < 4.78 is 0. The summed E-state index contributed by atoms with van der Waals surface area (Å²) in [6.07, 6.45) is 9.26.